The van der Waals surface area contributed by atoms with E-state index in [1.54, 1.807) is 0 Å². The van der Waals surface area contributed by atoms with Crippen molar-refractivity contribution in [1.29, 1.82) is 0 Å². The molecule has 23 heavy (non-hydrogen) atoms. The van der Waals surface area contributed by atoms with Crippen molar-refractivity contribution in [3.63, 3.8) is 0 Å². The molecule has 1 aromatic carbocycles. The number of aliphatic carboxylic acids is 1. The molecule has 0 spiro atoms. The monoisotopic (exact) mass is 319 g/mol. The van der Waals surface area contributed by atoms with E-state index in [-0.39, 0.29) is 12.3 Å². The first-order chi connectivity index (χ1) is 10.9. The quantitative estimate of drug-likeness (QED) is 0.756. The van der Waals surface area contributed by atoms with Gasteiger partial charge in [0.15, 0.2) is 0 Å². The lowest BCUT2D eigenvalue weighted by molar-refractivity contribution is -0.148. The van der Waals surface area contributed by atoms with Crippen LogP contribution in [0.15, 0.2) is 24.3 Å². The Kier molecular flexibility index (Phi) is 5.20. The van der Waals surface area contributed by atoms with Crippen molar-refractivity contribution in [3.8, 4) is 0 Å². The Balaban J connectivity index is 2.18. The van der Waals surface area contributed by atoms with Crippen LogP contribution in [0.1, 0.15) is 36.4 Å². The summed E-state index contributed by atoms with van der Waals surface area (Å²) in [5.74, 6) is -1.29. The predicted molar refractivity (Wildman–Crippen MR) is 83.6 cm³/mol. The van der Waals surface area contributed by atoms with Crippen molar-refractivity contribution in [3.05, 3.63) is 35.4 Å². The van der Waals surface area contributed by atoms with Crippen LogP contribution in [0.3, 0.4) is 0 Å². The Bertz CT molecular complexity index is 617. The Morgan fingerprint density at radius 1 is 1.39 bits per heavy atom. The molecule has 4 N–H and O–H groups in total. The highest BCUT2D eigenvalue weighted by atomic mass is 16.4. The SMILES string of the molecule is Cc1ccccc1C(CC(=O)N1CCC[C@H]1C(=O)O)NC(N)=O. The maximum absolute atomic E-state index is 12.5. The molecule has 0 saturated carbocycles. The van der Waals surface area contributed by atoms with Crippen LogP contribution < -0.4 is 11.1 Å². The minimum atomic E-state index is -0.994. The molecule has 1 aromatic rings. The number of carbonyl (C=O) groups is 3. The van der Waals surface area contributed by atoms with E-state index in [0.29, 0.717) is 19.4 Å². The number of carboxylic acid groups (broad SMARTS) is 1. The largest absolute Gasteiger partial charge is 0.480 e. The maximum atomic E-state index is 12.5. The van der Waals surface area contributed by atoms with Crippen molar-refractivity contribution < 1.29 is 19.5 Å². The summed E-state index contributed by atoms with van der Waals surface area (Å²) >= 11 is 0. The van der Waals surface area contributed by atoms with Gasteiger partial charge < -0.3 is 21.1 Å². The summed E-state index contributed by atoms with van der Waals surface area (Å²) in [7, 11) is 0. The molecule has 1 heterocycles. The molecule has 0 bridgehead atoms. The minimum Gasteiger partial charge on any atom is -0.480 e. The molecule has 3 amide bonds. The van der Waals surface area contributed by atoms with Crippen LogP contribution in [-0.4, -0.2) is 40.5 Å². The number of carbonyl (C=O) groups excluding carboxylic acids is 2. The van der Waals surface area contributed by atoms with E-state index in [2.05, 4.69) is 5.32 Å². The van der Waals surface area contributed by atoms with Gasteiger partial charge in [-0.25, -0.2) is 9.59 Å². The van der Waals surface area contributed by atoms with Crippen molar-refractivity contribution >= 4 is 17.9 Å². The summed E-state index contributed by atoms with van der Waals surface area (Å²) in [4.78, 5) is 36.4. The van der Waals surface area contributed by atoms with Gasteiger partial charge in [-0.2, -0.15) is 0 Å². The van der Waals surface area contributed by atoms with Gasteiger partial charge in [0, 0.05) is 6.54 Å². The van der Waals surface area contributed by atoms with Gasteiger partial charge in [-0.3, -0.25) is 4.79 Å². The number of nitrogens with zero attached hydrogens (tertiary/aromatic N) is 1. The van der Waals surface area contributed by atoms with Gasteiger partial charge in [0.05, 0.1) is 12.5 Å². The second-order valence-electron chi connectivity index (χ2n) is 5.71. The zero-order valence-corrected chi connectivity index (χ0v) is 13.0. The number of likely N-dealkylation sites (tertiary alicyclic amines) is 1. The van der Waals surface area contributed by atoms with E-state index in [0.717, 1.165) is 11.1 Å². The highest BCUT2D eigenvalue weighted by Crippen LogP contribution is 2.25. The van der Waals surface area contributed by atoms with E-state index in [1.807, 2.05) is 31.2 Å². The van der Waals surface area contributed by atoms with Crippen molar-refractivity contribution in [1.82, 2.24) is 10.2 Å². The first-order valence-electron chi connectivity index (χ1n) is 7.54. The number of hydrogen-bond donors (Lipinski definition) is 3. The van der Waals surface area contributed by atoms with E-state index < -0.39 is 24.1 Å². The molecule has 1 aliphatic rings. The smallest absolute Gasteiger partial charge is 0.326 e. The normalized spacial score (nSPS) is 18.5. The van der Waals surface area contributed by atoms with Gasteiger partial charge in [-0.05, 0) is 30.9 Å². The number of nitrogens with one attached hydrogen (secondary N) is 1. The Hall–Kier alpha value is -2.57. The zero-order chi connectivity index (χ0) is 17.0. The molecular weight excluding hydrogens is 298 g/mol. The molecule has 2 rings (SSSR count). The van der Waals surface area contributed by atoms with E-state index in [1.165, 1.54) is 4.90 Å². The molecule has 2 atom stereocenters. The number of carboxylic acids is 1. The van der Waals surface area contributed by atoms with Crippen molar-refractivity contribution in [2.45, 2.75) is 38.3 Å². The molecule has 1 aliphatic heterocycles. The number of benzene rings is 1. The average Bonchev–Trinajstić information content (AvgIpc) is 2.96. The lowest BCUT2D eigenvalue weighted by Gasteiger charge is -2.25. The molecule has 0 aliphatic carbocycles. The van der Waals surface area contributed by atoms with Crippen molar-refractivity contribution in [2.24, 2.45) is 5.73 Å². The number of nitrogens with two attached hydrogens (primary N) is 1. The summed E-state index contributed by atoms with van der Waals surface area (Å²) in [5, 5.41) is 11.8. The standard InChI is InChI=1S/C16H21N3O4/c1-10-5-2-3-6-11(10)12(18-16(17)23)9-14(20)19-8-4-7-13(19)15(21)22/h2-3,5-6,12-13H,4,7-9H2,1H3,(H,21,22)(H3,17,18,23)/t12?,13-/m0/s1. The molecular formula is C16H21N3O4. The number of amides is 3. The van der Waals surface area contributed by atoms with E-state index >= 15 is 0 Å². The molecule has 0 aromatic heterocycles. The Morgan fingerprint density at radius 2 is 2.09 bits per heavy atom. The lowest BCUT2D eigenvalue weighted by atomic mass is 9.98. The van der Waals surface area contributed by atoms with Gasteiger partial charge in [0.2, 0.25) is 5.91 Å². The fraction of sp³-hybridized carbons (Fsp3) is 0.438. The number of primary amides is 1. The Labute approximate surface area is 134 Å². The second-order valence-corrected chi connectivity index (χ2v) is 5.71. The summed E-state index contributed by atoms with van der Waals surface area (Å²) in [5.41, 5.74) is 6.94. The van der Waals surface area contributed by atoms with Gasteiger partial charge in [-0.15, -0.1) is 0 Å². The number of hydrogen-bond acceptors (Lipinski definition) is 3. The van der Waals surface area contributed by atoms with Crippen LogP contribution >= 0.6 is 0 Å². The minimum absolute atomic E-state index is 0.0163. The summed E-state index contributed by atoms with van der Waals surface area (Å²) in [6, 6.07) is 5.31. The molecule has 7 heteroatoms. The topological polar surface area (TPSA) is 113 Å². The van der Waals surface area contributed by atoms with E-state index in [4.69, 9.17) is 5.73 Å². The Morgan fingerprint density at radius 3 is 2.70 bits per heavy atom. The zero-order valence-electron chi connectivity index (χ0n) is 13.0. The maximum Gasteiger partial charge on any atom is 0.326 e. The molecule has 1 saturated heterocycles. The fourth-order valence-corrected chi connectivity index (χ4v) is 3.00. The lowest BCUT2D eigenvalue weighted by Crippen LogP contribution is -2.43. The van der Waals surface area contributed by atoms with Crippen LogP contribution in [0.4, 0.5) is 4.79 Å². The molecule has 124 valence electrons. The first kappa shape index (κ1) is 16.8. The summed E-state index contributed by atoms with van der Waals surface area (Å²) < 4.78 is 0. The van der Waals surface area contributed by atoms with Gasteiger partial charge in [0.1, 0.15) is 6.04 Å². The summed E-state index contributed by atoms with van der Waals surface area (Å²) in [6.45, 7) is 2.30. The molecule has 1 unspecified atom stereocenters. The second kappa shape index (κ2) is 7.13. The molecule has 1 fully saturated rings. The third-order valence-corrected chi connectivity index (χ3v) is 4.12. The van der Waals surface area contributed by atoms with E-state index in [9.17, 15) is 19.5 Å². The highest BCUT2D eigenvalue weighted by molar-refractivity contribution is 5.85. The van der Waals surface area contributed by atoms with Crippen LogP contribution in [-0.2, 0) is 9.59 Å². The number of urea groups is 1. The number of rotatable bonds is 5. The third kappa shape index (κ3) is 4.00. The molecule has 7 nitrogen and oxygen atoms in total. The predicted octanol–water partition coefficient (Wildman–Crippen LogP) is 1.17. The average molecular weight is 319 g/mol. The van der Waals surface area contributed by atoms with Crippen LogP contribution in [0.5, 0.6) is 0 Å². The van der Waals surface area contributed by atoms with Crippen molar-refractivity contribution in [2.75, 3.05) is 6.54 Å². The van der Waals surface area contributed by atoms with Crippen LogP contribution in [0.2, 0.25) is 0 Å². The van der Waals surface area contributed by atoms with Gasteiger partial charge in [-0.1, -0.05) is 24.3 Å². The fourth-order valence-electron chi connectivity index (χ4n) is 3.00. The first-order valence-corrected chi connectivity index (χ1v) is 7.54. The van der Waals surface area contributed by atoms with Crippen LogP contribution in [0, 0.1) is 6.92 Å². The summed E-state index contributed by atoms with van der Waals surface area (Å²) in [6.07, 6.45) is 1.11. The van der Waals surface area contributed by atoms with Gasteiger partial charge >= 0.3 is 12.0 Å². The number of aryl methyl sites for hydroxylation is 1. The van der Waals surface area contributed by atoms with Gasteiger partial charge in [0.25, 0.3) is 0 Å². The third-order valence-electron chi connectivity index (χ3n) is 4.12. The van der Waals surface area contributed by atoms with Crippen LogP contribution in [0.25, 0.3) is 0 Å². The molecule has 0 radical (unpaired) electrons. The highest BCUT2D eigenvalue weighted by Gasteiger charge is 2.35.